The number of nitrogens with one attached hydrogen (secondary N) is 1. The van der Waals surface area contributed by atoms with Crippen LogP contribution < -0.4 is 10.1 Å². The molecule has 1 aromatic carbocycles. The first-order valence-electron chi connectivity index (χ1n) is 9.18. The smallest absolute Gasteiger partial charge is 0.317 e. The number of ether oxygens (including phenoxy) is 2. The second-order valence-electron chi connectivity index (χ2n) is 6.31. The first-order valence-corrected chi connectivity index (χ1v) is 9.18. The largest absolute Gasteiger partial charge is 0.497 e. The van der Waals surface area contributed by atoms with E-state index in [0.29, 0.717) is 13.1 Å². The summed E-state index contributed by atoms with van der Waals surface area (Å²) in [6, 6.07) is 7.91. The molecule has 1 aliphatic rings. The second kappa shape index (κ2) is 10.9. The molecule has 6 nitrogen and oxygen atoms in total. The SMILES string of the molecule is CCCNC(=O)N(CCCN1CCOCC1)Cc1cccc(OC)c1. The molecule has 1 aliphatic heterocycles. The van der Waals surface area contributed by atoms with Crippen LogP contribution in [0.5, 0.6) is 5.75 Å². The van der Waals surface area contributed by atoms with Gasteiger partial charge in [0.05, 0.1) is 20.3 Å². The lowest BCUT2D eigenvalue weighted by atomic mass is 10.2. The van der Waals surface area contributed by atoms with E-state index in [4.69, 9.17) is 9.47 Å². The highest BCUT2D eigenvalue weighted by molar-refractivity contribution is 5.74. The Balaban J connectivity index is 1.90. The minimum atomic E-state index is 0.00615. The molecule has 1 N–H and O–H groups in total. The van der Waals surface area contributed by atoms with E-state index in [1.807, 2.05) is 29.2 Å². The fourth-order valence-electron chi connectivity index (χ4n) is 2.90. The van der Waals surface area contributed by atoms with Crippen molar-refractivity contribution < 1.29 is 14.3 Å². The standard InChI is InChI=1S/C19H31N3O3/c1-3-8-20-19(23)22(10-5-9-21-11-13-25-14-12-21)16-17-6-4-7-18(15-17)24-2/h4,6-7,15H,3,5,8-14,16H2,1-2H3,(H,20,23). The molecule has 0 aliphatic carbocycles. The summed E-state index contributed by atoms with van der Waals surface area (Å²) in [5, 5.41) is 2.99. The van der Waals surface area contributed by atoms with Crippen LogP contribution in [0.1, 0.15) is 25.3 Å². The molecule has 0 spiro atoms. The Morgan fingerprint density at radius 3 is 2.88 bits per heavy atom. The van der Waals surface area contributed by atoms with Gasteiger partial charge in [-0.05, 0) is 30.5 Å². The number of urea groups is 1. The van der Waals surface area contributed by atoms with Gasteiger partial charge in [-0.3, -0.25) is 4.90 Å². The number of carbonyl (C=O) groups is 1. The van der Waals surface area contributed by atoms with Gasteiger partial charge in [0.2, 0.25) is 0 Å². The van der Waals surface area contributed by atoms with Crippen LogP contribution >= 0.6 is 0 Å². The Bertz CT molecular complexity index is 518. The predicted molar refractivity (Wildman–Crippen MR) is 99.0 cm³/mol. The Labute approximate surface area is 151 Å². The van der Waals surface area contributed by atoms with Crippen molar-refractivity contribution in [2.24, 2.45) is 0 Å². The monoisotopic (exact) mass is 349 g/mol. The van der Waals surface area contributed by atoms with E-state index in [-0.39, 0.29) is 6.03 Å². The zero-order valence-corrected chi connectivity index (χ0v) is 15.5. The number of methoxy groups -OCH3 is 1. The van der Waals surface area contributed by atoms with E-state index in [2.05, 4.69) is 17.1 Å². The van der Waals surface area contributed by atoms with E-state index < -0.39 is 0 Å². The van der Waals surface area contributed by atoms with Gasteiger partial charge < -0.3 is 19.7 Å². The maximum atomic E-state index is 12.5. The van der Waals surface area contributed by atoms with Crippen LogP contribution in [-0.4, -0.2) is 68.9 Å². The van der Waals surface area contributed by atoms with Gasteiger partial charge in [-0.25, -0.2) is 4.79 Å². The summed E-state index contributed by atoms with van der Waals surface area (Å²) in [6.45, 7) is 8.69. The van der Waals surface area contributed by atoms with E-state index in [1.54, 1.807) is 7.11 Å². The van der Waals surface area contributed by atoms with Crippen LogP contribution in [-0.2, 0) is 11.3 Å². The van der Waals surface area contributed by atoms with Crippen molar-refractivity contribution in [2.75, 3.05) is 53.0 Å². The van der Waals surface area contributed by atoms with Crippen molar-refractivity contribution in [3.63, 3.8) is 0 Å². The number of rotatable bonds is 9. The average Bonchev–Trinajstić information content (AvgIpc) is 2.66. The van der Waals surface area contributed by atoms with Crippen molar-refractivity contribution in [3.05, 3.63) is 29.8 Å². The number of benzene rings is 1. The Kier molecular flexibility index (Phi) is 8.55. The highest BCUT2D eigenvalue weighted by Gasteiger charge is 2.15. The number of nitrogens with zero attached hydrogens (tertiary/aromatic N) is 2. The highest BCUT2D eigenvalue weighted by atomic mass is 16.5. The van der Waals surface area contributed by atoms with E-state index in [9.17, 15) is 4.79 Å². The average molecular weight is 349 g/mol. The number of hydrogen-bond donors (Lipinski definition) is 1. The number of hydrogen-bond acceptors (Lipinski definition) is 4. The summed E-state index contributed by atoms with van der Waals surface area (Å²) in [5.41, 5.74) is 1.08. The van der Waals surface area contributed by atoms with Crippen LogP contribution in [0, 0.1) is 0 Å². The van der Waals surface area contributed by atoms with Crippen LogP contribution in [0.2, 0.25) is 0 Å². The lowest BCUT2D eigenvalue weighted by molar-refractivity contribution is 0.0364. The van der Waals surface area contributed by atoms with Gasteiger partial charge in [0.1, 0.15) is 5.75 Å². The molecule has 1 aromatic rings. The Morgan fingerprint density at radius 2 is 2.16 bits per heavy atom. The van der Waals surface area contributed by atoms with Gasteiger partial charge in [0.25, 0.3) is 0 Å². The highest BCUT2D eigenvalue weighted by Crippen LogP contribution is 2.15. The van der Waals surface area contributed by atoms with Gasteiger partial charge in [-0.2, -0.15) is 0 Å². The zero-order valence-electron chi connectivity index (χ0n) is 15.5. The topological polar surface area (TPSA) is 54.0 Å². The molecule has 6 heteroatoms. The van der Waals surface area contributed by atoms with Gasteiger partial charge in [-0.15, -0.1) is 0 Å². The van der Waals surface area contributed by atoms with Gasteiger partial charge in [0, 0.05) is 39.3 Å². The molecular formula is C19H31N3O3. The van der Waals surface area contributed by atoms with Gasteiger partial charge in [-0.1, -0.05) is 19.1 Å². The van der Waals surface area contributed by atoms with Gasteiger partial charge >= 0.3 is 6.03 Å². The quantitative estimate of drug-likeness (QED) is 0.743. The first-order chi connectivity index (χ1) is 12.2. The third-order valence-corrected chi connectivity index (χ3v) is 4.33. The van der Waals surface area contributed by atoms with Crippen LogP contribution in [0.25, 0.3) is 0 Å². The third kappa shape index (κ3) is 6.92. The lowest BCUT2D eigenvalue weighted by Gasteiger charge is -2.28. The van der Waals surface area contributed by atoms with Crippen LogP contribution in [0.15, 0.2) is 24.3 Å². The molecule has 0 aromatic heterocycles. The van der Waals surface area contributed by atoms with Crippen molar-refractivity contribution in [1.29, 1.82) is 0 Å². The maximum absolute atomic E-state index is 12.5. The fraction of sp³-hybridized carbons (Fsp3) is 0.632. The predicted octanol–water partition coefficient (Wildman–Crippen LogP) is 2.34. The molecule has 2 rings (SSSR count). The minimum Gasteiger partial charge on any atom is -0.497 e. The maximum Gasteiger partial charge on any atom is 0.317 e. The summed E-state index contributed by atoms with van der Waals surface area (Å²) >= 11 is 0. The number of amides is 2. The molecule has 0 saturated carbocycles. The summed E-state index contributed by atoms with van der Waals surface area (Å²) < 4.78 is 10.7. The summed E-state index contributed by atoms with van der Waals surface area (Å²) in [6.07, 6.45) is 1.90. The van der Waals surface area contributed by atoms with E-state index >= 15 is 0 Å². The molecule has 0 atom stereocenters. The van der Waals surface area contributed by atoms with Crippen LogP contribution in [0.3, 0.4) is 0 Å². The Hall–Kier alpha value is -1.79. The van der Waals surface area contributed by atoms with Crippen LogP contribution in [0.4, 0.5) is 4.79 Å². The van der Waals surface area contributed by atoms with Crippen molar-refractivity contribution in [1.82, 2.24) is 15.1 Å². The molecule has 25 heavy (non-hydrogen) atoms. The van der Waals surface area contributed by atoms with E-state index in [0.717, 1.165) is 63.5 Å². The second-order valence-corrected chi connectivity index (χ2v) is 6.31. The molecule has 0 radical (unpaired) electrons. The normalized spacial score (nSPS) is 15.0. The molecular weight excluding hydrogens is 318 g/mol. The molecule has 2 amide bonds. The fourth-order valence-corrected chi connectivity index (χ4v) is 2.90. The van der Waals surface area contributed by atoms with Crippen molar-refractivity contribution in [3.8, 4) is 5.75 Å². The lowest BCUT2D eigenvalue weighted by Crippen LogP contribution is -2.42. The summed E-state index contributed by atoms with van der Waals surface area (Å²) in [5.74, 6) is 0.819. The third-order valence-electron chi connectivity index (χ3n) is 4.33. The Morgan fingerprint density at radius 1 is 1.36 bits per heavy atom. The van der Waals surface area contributed by atoms with E-state index in [1.165, 1.54) is 0 Å². The first kappa shape index (κ1) is 19.5. The molecule has 1 saturated heterocycles. The molecule has 1 fully saturated rings. The summed E-state index contributed by atoms with van der Waals surface area (Å²) in [4.78, 5) is 16.8. The van der Waals surface area contributed by atoms with Crippen molar-refractivity contribution in [2.45, 2.75) is 26.3 Å². The zero-order chi connectivity index (χ0) is 17.9. The summed E-state index contributed by atoms with van der Waals surface area (Å²) in [7, 11) is 1.66. The van der Waals surface area contributed by atoms with Crippen molar-refractivity contribution >= 4 is 6.03 Å². The number of carbonyl (C=O) groups excluding carboxylic acids is 1. The number of morpholine rings is 1. The molecule has 1 heterocycles. The van der Waals surface area contributed by atoms with Gasteiger partial charge in [0.15, 0.2) is 0 Å². The molecule has 140 valence electrons. The molecule has 0 bridgehead atoms. The molecule has 0 unspecified atom stereocenters. The minimum absolute atomic E-state index is 0.00615.